The average Bonchev–Trinajstić information content (AvgIpc) is 3.52. The summed E-state index contributed by atoms with van der Waals surface area (Å²) in [7, 11) is 3.14. The van der Waals surface area contributed by atoms with Crippen molar-refractivity contribution in [2.45, 2.75) is 57.1 Å². The van der Waals surface area contributed by atoms with Crippen molar-refractivity contribution in [3.8, 4) is 0 Å². The van der Waals surface area contributed by atoms with Crippen LogP contribution in [0.3, 0.4) is 0 Å². The van der Waals surface area contributed by atoms with Gasteiger partial charge in [-0.15, -0.1) is 0 Å². The molecule has 0 aliphatic heterocycles. The minimum Gasteiger partial charge on any atom is -0.302 e. The molecule has 138 valence electrons. The minimum atomic E-state index is -2.00. The smallest absolute Gasteiger partial charge is 0.186 e. The minimum absolute atomic E-state index is 0.408. The molecule has 2 unspecified atom stereocenters. The highest BCUT2D eigenvalue weighted by Crippen LogP contribution is 2.51. The molecule has 2 atom stereocenters. The summed E-state index contributed by atoms with van der Waals surface area (Å²) in [5.41, 5.74) is 2.46. The van der Waals surface area contributed by atoms with Crippen LogP contribution in [0.4, 0.5) is 0 Å². The molecule has 2 aromatic rings. The molecular formula is C18H18O4S4. The van der Waals surface area contributed by atoms with E-state index in [1.807, 2.05) is 12.1 Å². The van der Waals surface area contributed by atoms with Crippen molar-refractivity contribution in [2.75, 3.05) is 0 Å². The average molecular weight is 427 g/mol. The molecule has 2 aliphatic carbocycles. The van der Waals surface area contributed by atoms with Gasteiger partial charge in [-0.25, -0.2) is 8.42 Å². The predicted octanol–water partition coefficient (Wildman–Crippen LogP) is 5.40. The van der Waals surface area contributed by atoms with E-state index < -0.39 is 22.2 Å². The molecular weight excluding hydrogens is 408 g/mol. The highest BCUT2D eigenvalue weighted by atomic mass is 33.1. The summed E-state index contributed by atoms with van der Waals surface area (Å²) in [6.07, 6.45) is 4.64. The lowest BCUT2D eigenvalue weighted by atomic mass is 10.1. The maximum Gasteiger partial charge on any atom is 0.186 e. The van der Waals surface area contributed by atoms with Gasteiger partial charge in [-0.3, -0.25) is 0 Å². The Hall–Kier alpha value is -0.640. The molecule has 8 heteroatoms. The first kappa shape index (κ1) is 18.7. The molecule has 2 aromatic carbocycles. The van der Waals surface area contributed by atoms with Crippen molar-refractivity contribution in [3.63, 3.8) is 0 Å². The third kappa shape index (κ3) is 4.26. The lowest BCUT2D eigenvalue weighted by molar-refractivity contribution is 0.562. The quantitative estimate of drug-likeness (QED) is 0.456. The van der Waals surface area contributed by atoms with Crippen molar-refractivity contribution in [1.82, 2.24) is 0 Å². The van der Waals surface area contributed by atoms with Gasteiger partial charge in [0, 0.05) is 9.79 Å². The first-order valence-electron chi connectivity index (χ1n) is 8.37. The van der Waals surface area contributed by atoms with E-state index in [-0.39, 0.29) is 0 Å². The Bertz CT molecular complexity index is 817. The zero-order valence-corrected chi connectivity index (χ0v) is 17.1. The largest absolute Gasteiger partial charge is 0.302 e. The Kier molecular flexibility index (Phi) is 5.59. The first-order valence-corrected chi connectivity index (χ1v) is 12.7. The second-order valence-electron chi connectivity index (χ2n) is 6.61. The number of rotatable bonds is 7. The third-order valence-electron chi connectivity index (χ3n) is 4.63. The molecule has 2 aliphatic rings. The lowest BCUT2D eigenvalue weighted by Crippen LogP contribution is -1.93. The molecule has 4 rings (SSSR count). The van der Waals surface area contributed by atoms with Crippen molar-refractivity contribution in [1.29, 1.82) is 0 Å². The SMILES string of the molecule is O=S(O)c1ccc(C2CC2)c(SSc2cc(S(=O)O)ccc2C2CC2)c1. The van der Waals surface area contributed by atoms with Crippen molar-refractivity contribution >= 4 is 43.7 Å². The molecule has 2 fully saturated rings. The molecule has 0 heterocycles. The molecule has 0 bridgehead atoms. The Labute approximate surface area is 165 Å². The molecule has 2 saturated carbocycles. The summed E-state index contributed by atoms with van der Waals surface area (Å²) in [6.45, 7) is 0. The standard InChI is InChI=1S/C18H18O4S4/c19-25(20)13-5-7-15(11-1-2-11)17(9-13)23-24-18-10-14(26(21)22)6-8-16(18)12-3-4-12/h5-12H,1-4H2,(H,19,20)(H,21,22). The fourth-order valence-electron chi connectivity index (χ4n) is 2.94. The van der Waals surface area contributed by atoms with Crippen molar-refractivity contribution < 1.29 is 17.5 Å². The molecule has 0 aromatic heterocycles. The Morgan fingerprint density at radius 3 is 1.42 bits per heavy atom. The molecule has 26 heavy (non-hydrogen) atoms. The third-order valence-corrected chi connectivity index (χ3v) is 8.42. The molecule has 0 amide bonds. The highest BCUT2D eigenvalue weighted by Gasteiger charge is 2.29. The summed E-state index contributed by atoms with van der Waals surface area (Å²) < 4.78 is 41.6. The van der Waals surface area contributed by atoms with Crippen LogP contribution in [0.15, 0.2) is 56.0 Å². The summed E-state index contributed by atoms with van der Waals surface area (Å²) in [5, 5.41) is 0. The lowest BCUT2D eigenvalue weighted by Gasteiger charge is -2.12. The number of benzene rings is 2. The van der Waals surface area contributed by atoms with Crippen LogP contribution >= 0.6 is 21.6 Å². The van der Waals surface area contributed by atoms with E-state index >= 15 is 0 Å². The van der Waals surface area contributed by atoms with Crippen molar-refractivity contribution in [3.05, 3.63) is 47.5 Å². The number of hydrogen-bond donors (Lipinski definition) is 2. The van der Waals surface area contributed by atoms with Crippen LogP contribution in [-0.4, -0.2) is 17.5 Å². The first-order chi connectivity index (χ1) is 12.5. The van der Waals surface area contributed by atoms with Crippen LogP contribution < -0.4 is 0 Å². The van der Waals surface area contributed by atoms with E-state index in [4.69, 9.17) is 0 Å². The van der Waals surface area contributed by atoms with Crippen LogP contribution in [0.5, 0.6) is 0 Å². The van der Waals surface area contributed by atoms with Gasteiger partial charge in [-0.1, -0.05) is 33.7 Å². The maximum atomic E-state index is 11.4. The molecule has 4 nitrogen and oxygen atoms in total. The van der Waals surface area contributed by atoms with Gasteiger partial charge in [0.15, 0.2) is 22.2 Å². The van der Waals surface area contributed by atoms with Crippen LogP contribution in [0.2, 0.25) is 0 Å². The fourth-order valence-corrected chi connectivity index (χ4v) is 6.50. The maximum absolute atomic E-state index is 11.4. The van der Waals surface area contributed by atoms with E-state index in [0.717, 1.165) is 35.5 Å². The van der Waals surface area contributed by atoms with Gasteiger partial charge in [0.25, 0.3) is 0 Å². The van der Waals surface area contributed by atoms with Gasteiger partial charge >= 0.3 is 0 Å². The molecule has 0 spiro atoms. The van der Waals surface area contributed by atoms with Gasteiger partial charge < -0.3 is 9.11 Å². The zero-order chi connectivity index (χ0) is 18.3. The predicted molar refractivity (Wildman–Crippen MR) is 107 cm³/mol. The molecule has 0 saturated heterocycles. The molecule has 2 N–H and O–H groups in total. The highest BCUT2D eigenvalue weighted by molar-refractivity contribution is 8.76. The van der Waals surface area contributed by atoms with Crippen LogP contribution in [0, 0.1) is 0 Å². The van der Waals surface area contributed by atoms with E-state index in [1.54, 1.807) is 45.9 Å². The summed E-state index contributed by atoms with van der Waals surface area (Å²) >= 11 is -3.99. The van der Waals surface area contributed by atoms with E-state index in [1.165, 1.54) is 11.1 Å². The Balaban J connectivity index is 1.62. The second-order valence-corrected chi connectivity index (χ2v) is 10.8. The second kappa shape index (κ2) is 7.77. The number of hydrogen-bond acceptors (Lipinski definition) is 4. The van der Waals surface area contributed by atoms with E-state index in [0.29, 0.717) is 21.6 Å². The van der Waals surface area contributed by atoms with Gasteiger partial charge in [-0.2, -0.15) is 0 Å². The van der Waals surface area contributed by atoms with E-state index in [2.05, 4.69) is 0 Å². The van der Waals surface area contributed by atoms with Gasteiger partial charge in [0.1, 0.15) is 0 Å². The van der Waals surface area contributed by atoms with Crippen LogP contribution in [0.1, 0.15) is 48.6 Å². The van der Waals surface area contributed by atoms with Gasteiger partial charge in [0.2, 0.25) is 0 Å². The summed E-state index contributed by atoms with van der Waals surface area (Å²) in [4.78, 5) is 2.83. The normalized spacial score (nSPS) is 19.3. The van der Waals surface area contributed by atoms with Gasteiger partial charge in [0.05, 0.1) is 9.79 Å². The Morgan fingerprint density at radius 2 is 1.12 bits per heavy atom. The Morgan fingerprint density at radius 1 is 0.731 bits per heavy atom. The van der Waals surface area contributed by atoms with Crippen LogP contribution in [-0.2, 0) is 22.2 Å². The summed E-state index contributed by atoms with van der Waals surface area (Å²) in [6, 6.07) is 11.0. The van der Waals surface area contributed by atoms with E-state index in [9.17, 15) is 17.5 Å². The molecule has 0 radical (unpaired) electrons. The monoisotopic (exact) mass is 426 g/mol. The fraction of sp³-hybridized carbons (Fsp3) is 0.333. The van der Waals surface area contributed by atoms with Gasteiger partial charge in [-0.05, 0) is 72.9 Å². The van der Waals surface area contributed by atoms with Crippen LogP contribution in [0.25, 0.3) is 0 Å². The zero-order valence-electron chi connectivity index (χ0n) is 13.8. The van der Waals surface area contributed by atoms with Crippen molar-refractivity contribution in [2.24, 2.45) is 0 Å². The topological polar surface area (TPSA) is 74.6 Å². The summed E-state index contributed by atoms with van der Waals surface area (Å²) in [5.74, 6) is 1.08.